The molecular formula is C16H22N2O. The summed E-state index contributed by atoms with van der Waals surface area (Å²) in [4.78, 5) is 0. The van der Waals surface area contributed by atoms with Crippen molar-refractivity contribution in [2.45, 2.75) is 46.1 Å². The topological polar surface area (TPSA) is 38.0 Å². The third kappa shape index (κ3) is 2.65. The van der Waals surface area contributed by atoms with Crippen LogP contribution in [0.25, 0.3) is 11.1 Å². The summed E-state index contributed by atoms with van der Waals surface area (Å²) in [6.45, 7) is 8.26. The molecule has 0 fully saturated rings. The Labute approximate surface area is 114 Å². The predicted molar refractivity (Wildman–Crippen MR) is 78.3 cm³/mol. The molecule has 0 saturated heterocycles. The number of rotatable bonds is 3. The van der Waals surface area contributed by atoms with Gasteiger partial charge >= 0.3 is 0 Å². The van der Waals surface area contributed by atoms with Gasteiger partial charge in [-0.3, -0.25) is 0 Å². The van der Waals surface area contributed by atoms with Crippen LogP contribution >= 0.6 is 0 Å². The molecule has 0 bridgehead atoms. The first-order valence-corrected chi connectivity index (χ1v) is 6.82. The molecule has 1 aromatic heterocycles. The number of aryl methyl sites for hydroxylation is 1. The van der Waals surface area contributed by atoms with Crippen LogP contribution in [0.3, 0.4) is 0 Å². The van der Waals surface area contributed by atoms with Gasteiger partial charge in [-0.2, -0.15) is 5.10 Å². The van der Waals surface area contributed by atoms with Crippen LogP contribution in [0.15, 0.2) is 30.3 Å². The Hall–Kier alpha value is -1.77. The predicted octanol–water partition coefficient (Wildman–Crippen LogP) is 3.96. The Morgan fingerprint density at radius 1 is 1.16 bits per heavy atom. The molecule has 0 amide bonds. The smallest absolute Gasteiger partial charge is 0.218 e. The van der Waals surface area contributed by atoms with Crippen LogP contribution in [0, 0.1) is 0 Å². The van der Waals surface area contributed by atoms with Crippen molar-refractivity contribution in [2.75, 3.05) is 0 Å². The highest BCUT2D eigenvalue weighted by Crippen LogP contribution is 2.36. The summed E-state index contributed by atoms with van der Waals surface area (Å²) in [5.74, 6) is 0.266. The maximum Gasteiger partial charge on any atom is 0.218 e. The van der Waals surface area contributed by atoms with Crippen molar-refractivity contribution in [1.82, 2.24) is 9.78 Å². The summed E-state index contributed by atoms with van der Waals surface area (Å²) in [5, 5.41) is 15.1. The van der Waals surface area contributed by atoms with Crippen LogP contribution < -0.4 is 0 Å². The SMILES string of the molecule is CCCc1nn(C(C)(C)C)c(O)c1-c1ccccc1. The molecule has 0 atom stereocenters. The van der Waals surface area contributed by atoms with E-state index in [1.54, 1.807) is 4.68 Å². The van der Waals surface area contributed by atoms with Crippen molar-refractivity contribution < 1.29 is 5.11 Å². The summed E-state index contributed by atoms with van der Waals surface area (Å²) in [6, 6.07) is 9.98. The molecule has 0 unspecified atom stereocenters. The number of benzene rings is 1. The molecule has 0 spiro atoms. The van der Waals surface area contributed by atoms with Crippen molar-refractivity contribution in [1.29, 1.82) is 0 Å². The molecule has 2 rings (SSSR count). The van der Waals surface area contributed by atoms with Gasteiger partial charge in [-0.15, -0.1) is 0 Å². The van der Waals surface area contributed by atoms with Crippen molar-refractivity contribution in [3.8, 4) is 17.0 Å². The van der Waals surface area contributed by atoms with Gasteiger partial charge in [0.2, 0.25) is 5.88 Å². The molecular weight excluding hydrogens is 236 g/mol. The average Bonchev–Trinajstić information content (AvgIpc) is 2.68. The minimum absolute atomic E-state index is 0.223. The van der Waals surface area contributed by atoms with Crippen molar-refractivity contribution in [3.05, 3.63) is 36.0 Å². The second kappa shape index (κ2) is 5.08. The standard InChI is InChI=1S/C16H22N2O/c1-5-9-13-14(12-10-7-6-8-11-12)15(19)18(17-13)16(2,3)4/h6-8,10-11,19H,5,9H2,1-4H3. The van der Waals surface area contributed by atoms with E-state index in [1.165, 1.54) is 0 Å². The summed E-state index contributed by atoms with van der Waals surface area (Å²) < 4.78 is 1.72. The zero-order valence-corrected chi connectivity index (χ0v) is 12.1. The number of hydrogen-bond acceptors (Lipinski definition) is 2. The van der Waals surface area contributed by atoms with E-state index in [0.29, 0.717) is 0 Å². The fourth-order valence-corrected chi connectivity index (χ4v) is 2.23. The Kier molecular flexibility index (Phi) is 3.65. The molecule has 0 saturated carbocycles. The Morgan fingerprint density at radius 3 is 2.32 bits per heavy atom. The molecule has 0 aliphatic heterocycles. The van der Waals surface area contributed by atoms with E-state index >= 15 is 0 Å². The number of hydrogen-bond donors (Lipinski definition) is 1. The van der Waals surface area contributed by atoms with E-state index in [1.807, 2.05) is 51.1 Å². The largest absolute Gasteiger partial charge is 0.493 e. The van der Waals surface area contributed by atoms with Gasteiger partial charge in [0.1, 0.15) is 0 Å². The van der Waals surface area contributed by atoms with Gasteiger partial charge in [-0.25, -0.2) is 4.68 Å². The minimum atomic E-state index is -0.223. The molecule has 2 aromatic rings. The van der Waals surface area contributed by atoms with E-state index < -0.39 is 0 Å². The number of nitrogens with zero attached hydrogens (tertiary/aromatic N) is 2. The highest BCUT2D eigenvalue weighted by molar-refractivity contribution is 5.71. The second-order valence-electron chi connectivity index (χ2n) is 5.84. The van der Waals surface area contributed by atoms with E-state index in [-0.39, 0.29) is 11.4 Å². The van der Waals surface area contributed by atoms with E-state index in [9.17, 15) is 5.11 Å². The van der Waals surface area contributed by atoms with Crippen LogP contribution in [-0.2, 0) is 12.0 Å². The van der Waals surface area contributed by atoms with E-state index in [2.05, 4.69) is 12.0 Å². The second-order valence-corrected chi connectivity index (χ2v) is 5.84. The van der Waals surface area contributed by atoms with Gasteiger partial charge in [0.05, 0.1) is 16.8 Å². The van der Waals surface area contributed by atoms with Crippen LogP contribution in [0.1, 0.15) is 39.8 Å². The molecule has 3 nitrogen and oxygen atoms in total. The van der Waals surface area contributed by atoms with Crippen molar-refractivity contribution in [2.24, 2.45) is 0 Å². The Bertz CT molecular complexity index is 550. The summed E-state index contributed by atoms with van der Waals surface area (Å²) in [6.07, 6.45) is 1.89. The van der Waals surface area contributed by atoms with Crippen LogP contribution in [0.4, 0.5) is 0 Å². The molecule has 0 aliphatic carbocycles. The fraction of sp³-hybridized carbons (Fsp3) is 0.438. The van der Waals surface area contributed by atoms with Crippen molar-refractivity contribution >= 4 is 0 Å². The first-order chi connectivity index (χ1) is 8.95. The average molecular weight is 258 g/mol. The van der Waals surface area contributed by atoms with E-state index in [4.69, 9.17) is 0 Å². The summed E-state index contributed by atoms with van der Waals surface area (Å²) >= 11 is 0. The van der Waals surface area contributed by atoms with Crippen LogP contribution in [-0.4, -0.2) is 14.9 Å². The molecule has 1 aromatic carbocycles. The van der Waals surface area contributed by atoms with Gasteiger partial charge in [0, 0.05) is 0 Å². The zero-order valence-electron chi connectivity index (χ0n) is 12.1. The van der Waals surface area contributed by atoms with Gasteiger partial charge in [-0.1, -0.05) is 43.7 Å². The number of aromatic hydroxyl groups is 1. The Morgan fingerprint density at radius 2 is 1.79 bits per heavy atom. The van der Waals surface area contributed by atoms with Crippen molar-refractivity contribution in [3.63, 3.8) is 0 Å². The molecule has 1 heterocycles. The first kappa shape index (κ1) is 13.7. The van der Waals surface area contributed by atoms with Crippen LogP contribution in [0.2, 0.25) is 0 Å². The summed E-state index contributed by atoms with van der Waals surface area (Å²) in [7, 11) is 0. The monoisotopic (exact) mass is 258 g/mol. The van der Waals surface area contributed by atoms with E-state index in [0.717, 1.165) is 29.7 Å². The summed E-state index contributed by atoms with van der Waals surface area (Å²) in [5.41, 5.74) is 2.65. The lowest BCUT2D eigenvalue weighted by molar-refractivity contribution is 0.294. The van der Waals surface area contributed by atoms with Gasteiger partial charge < -0.3 is 5.11 Å². The molecule has 0 aliphatic rings. The lowest BCUT2D eigenvalue weighted by Gasteiger charge is -2.20. The third-order valence-electron chi connectivity index (χ3n) is 3.12. The fourth-order valence-electron chi connectivity index (χ4n) is 2.23. The molecule has 0 radical (unpaired) electrons. The zero-order chi connectivity index (χ0) is 14.0. The highest BCUT2D eigenvalue weighted by atomic mass is 16.3. The first-order valence-electron chi connectivity index (χ1n) is 6.82. The van der Waals surface area contributed by atoms with Gasteiger partial charge in [0.25, 0.3) is 0 Å². The lowest BCUT2D eigenvalue weighted by Crippen LogP contribution is -2.22. The Balaban J connectivity index is 2.62. The maximum atomic E-state index is 10.5. The third-order valence-corrected chi connectivity index (χ3v) is 3.12. The highest BCUT2D eigenvalue weighted by Gasteiger charge is 2.24. The van der Waals surface area contributed by atoms with Gasteiger partial charge in [-0.05, 0) is 32.8 Å². The number of aromatic nitrogens is 2. The normalized spacial score (nSPS) is 11.8. The maximum absolute atomic E-state index is 10.5. The molecule has 19 heavy (non-hydrogen) atoms. The quantitative estimate of drug-likeness (QED) is 0.904. The molecule has 102 valence electrons. The minimum Gasteiger partial charge on any atom is -0.493 e. The van der Waals surface area contributed by atoms with Gasteiger partial charge in [0.15, 0.2) is 0 Å². The molecule has 3 heteroatoms. The lowest BCUT2D eigenvalue weighted by atomic mass is 10.0. The van der Waals surface area contributed by atoms with Crippen LogP contribution in [0.5, 0.6) is 5.88 Å². The molecule has 1 N–H and O–H groups in total.